The molecule has 1 aromatic carbocycles. The van der Waals surface area contributed by atoms with Crippen LogP contribution in [-0.4, -0.2) is 18.4 Å². The Morgan fingerprint density at radius 2 is 2.17 bits per heavy atom. The summed E-state index contributed by atoms with van der Waals surface area (Å²) in [6, 6.07) is 2.20. The van der Waals surface area contributed by atoms with Gasteiger partial charge in [0, 0.05) is 0 Å². The van der Waals surface area contributed by atoms with Crippen LogP contribution < -0.4 is 5.32 Å². The molecule has 1 atom stereocenters. The molecule has 5 heteroatoms. The molecule has 0 aliphatic carbocycles. The number of carbonyl (C=O) groups excluding carboxylic acids is 1. The molecule has 2 aromatic rings. The summed E-state index contributed by atoms with van der Waals surface area (Å²) < 4.78 is 32.2. The van der Waals surface area contributed by atoms with E-state index in [0.29, 0.717) is 6.54 Å². The third kappa shape index (κ3) is 2.01. The van der Waals surface area contributed by atoms with Gasteiger partial charge in [-0.3, -0.25) is 4.79 Å². The topological polar surface area (TPSA) is 42.2 Å². The van der Waals surface area contributed by atoms with Gasteiger partial charge in [0.2, 0.25) is 0 Å². The molecule has 0 aliphatic heterocycles. The van der Waals surface area contributed by atoms with E-state index in [1.807, 2.05) is 6.92 Å². The molecule has 0 radical (unpaired) electrons. The van der Waals surface area contributed by atoms with Gasteiger partial charge in [-0.2, -0.15) is 0 Å². The van der Waals surface area contributed by atoms with Gasteiger partial charge >= 0.3 is 0 Å². The fourth-order valence-electron chi connectivity index (χ4n) is 1.88. The first-order chi connectivity index (χ1) is 8.56. The van der Waals surface area contributed by atoms with Crippen molar-refractivity contribution in [2.75, 3.05) is 6.54 Å². The van der Waals surface area contributed by atoms with Gasteiger partial charge in [0.15, 0.2) is 11.6 Å². The zero-order valence-corrected chi connectivity index (χ0v) is 10.1. The zero-order chi connectivity index (χ0) is 13.3. The number of halogens is 2. The minimum absolute atomic E-state index is 0.0950. The van der Waals surface area contributed by atoms with Crippen LogP contribution in [0.5, 0.6) is 0 Å². The van der Waals surface area contributed by atoms with Crippen LogP contribution in [0.4, 0.5) is 8.78 Å². The van der Waals surface area contributed by atoms with E-state index in [9.17, 15) is 13.6 Å². The summed E-state index contributed by atoms with van der Waals surface area (Å²) >= 11 is 0. The molecular weight excluding hydrogens is 240 g/mol. The lowest BCUT2D eigenvalue weighted by Gasteiger charge is -2.11. The van der Waals surface area contributed by atoms with Gasteiger partial charge in [0.05, 0.1) is 17.0 Å². The number of furan rings is 1. The van der Waals surface area contributed by atoms with Gasteiger partial charge in [-0.15, -0.1) is 0 Å². The predicted octanol–water partition coefficient (Wildman–Crippen LogP) is 2.89. The Bertz CT molecular complexity index is 592. The first-order valence-corrected chi connectivity index (χ1v) is 5.69. The summed E-state index contributed by atoms with van der Waals surface area (Å²) in [5.74, 6) is -2.07. The van der Waals surface area contributed by atoms with Crippen LogP contribution in [-0.2, 0) is 0 Å². The lowest BCUT2D eigenvalue weighted by molar-refractivity contribution is 0.0948. The molecule has 18 heavy (non-hydrogen) atoms. The zero-order valence-electron chi connectivity index (χ0n) is 10.1. The summed E-state index contributed by atoms with van der Waals surface area (Å²) in [7, 11) is 0. The van der Waals surface area contributed by atoms with Crippen molar-refractivity contribution >= 4 is 16.8 Å². The lowest BCUT2D eigenvalue weighted by atomic mass is 10.0. The van der Waals surface area contributed by atoms with Crippen LogP contribution in [0, 0.1) is 11.6 Å². The lowest BCUT2D eigenvalue weighted by Crippen LogP contribution is -2.34. The average Bonchev–Trinajstić information content (AvgIpc) is 2.72. The SMILES string of the molecule is CCN[C@@H](C)C(=O)c1ccc2occ(F)c2c1F. The summed E-state index contributed by atoms with van der Waals surface area (Å²) in [5, 5.41) is 2.62. The molecular formula is C13H13F2NO2. The molecule has 0 unspecified atom stereocenters. The van der Waals surface area contributed by atoms with Gasteiger partial charge < -0.3 is 9.73 Å². The Morgan fingerprint density at radius 1 is 1.44 bits per heavy atom. The number of hydrogen-bond donors (Lipinski definition) is 1. The number of Topliss-reactive ketones (excluding diaryl/α,β-unsaturated/α-hetero) is 1. The van der Waals surface area contributed by atoms with Crippen LogP contribution in [0.15, 0.2) is 22.8 Å². The van der Waals surface area contributed by atoms with Gasteiger partial charge in [-0.1, -0.05) is 6.92 Å². The first kappa shape index (κ1) is 12.7. The highest BCUT2D eigenvalue weighted by atomic mass is 19.1. The summed E-state index contributed by atoms with van der Waals surface area (Å²) in [5.41, 5.74) is -0.0334. The smallest absolute Gasteiger partial charge is 0.182 e. The van der Waals surface area contributed by atoms with Crippen molar-refractivity contribution in [3.8, 4) is 0 Å². The van der Waals surface area contributed by atoms with Crippen LogP contribution >= 0.6 is 0 Å². The number of ketones is 1. The van der Waals surface area contributed by atoms with E-state index in [2.05, 4.69) is 5.32 Å². The number of likely N-dealkylation sites (N-methyl/N-ethyl adjacent to an activating group) is 1. The van der Waals surface area contributed by atoms with Crippen LogP contribution in [0.2, 0.25) is 0 Å². The van der Waals surface area contributed by atoms with Crippen LogP contribution in [0.3, 0.4) is 0 Å². The standard InChI is InChI=1S/C13H13F2NO2/c1-3-16-7(2)13(17)8-4-5-10-11(12(8)15)9(14)6-18-10/h4-7,16H,3H2,1-2H3/t7-/m0/s1. The number of carbonyl (C=O) groups is 1. The van der Waals surface area contributed by atoms with Gasteiger partial charge in [-0.25, -0.2) is 8.78 Å². The van der Waals surface area contributed by atoms with Gasteiger partial charge in [0.25, 0.3) is 0 Å². The molecule has 1 N–H and O–H groups in total. The van der Waals surface area contributed by atoms with E-state index in [1.165, 1.54) is 12.1 Å². The summed E-state index contributed by atoms with van der Waals surface area (Å²) in [4.78, 5) is 12.0. The van der Waals surface area contributed by atoms with Crippen LogP contribution in [0.25, 0.3) is 11.0 Å². The Morgan fingerprint density at radius 3 is 2.83 bits per heavy atom. The molecule has 1 heterocycles. The molecule has 3 nitrogen and oxygen atoms in total. The maximum atomic E-state index is 14.1. The molecule has 0 fully saturated rings. The van der Waals surface area contributed by atoms with Crippen molar-refractivity contribution in [3.05, 3.63) is 35.6 Å². The quantitative estimate of drug-likeness (QED) is 0.852. The highest BCUT2D eigenvalue weighted by Crippen LogP contribution is 2.26. The molecule has 0 spiro atoms. The van der Waals surface area contributed by atoms with E-state index in [0.717, 1.165) is 6.26 Å². The highest BCUT2D eigenvalue weighted by Gasteiger charge is 2.22. The normalized spacial score (nSPS) is 12.9. The van der Waals surface area contributed by atoms with Crippen molar-refractivity contribution in [1.29, 1.82) is 0 Å². The van der Waals surface area contributed by atoms with E-state index >= 15 is 0 Å². The Labute approximate surface area is 103 Å². The molecule has 0 aliphatic rings. The Hall–Kier alpha value is -1.75. The second-order valence-corrected chi connectivity index (χ2v) is 4.03. The fraction of sp³-hybridized carbons (Fsp3) is 0.308. The number of rotatable bonds is 4. The van der Waals surface area contributed by atoms with Crippen molar-refractivity contribution in [2.24, 2.45) is 0 Å². The predicted molar refractivity (Wildman–Crippen MR) is 63.6 cm³/mol. The Kier molecular flexibility index (Phi) is 3.43. The average molecular weight is 253 g/mol. The maximum absolute atomic E-state index is 14.1. The van der Waals surface area contributed by atoms with Crippen molar-refractivity contribution in [3.63, 3.8) is 0 Å². The van der Waals surface area contributed by atoms with Crippen molar-refractivity contribution in [1.82, 2.24) is 5.32 Å². The maximum Gasteiger partial charge on any atom is 0.182 e. The molecule has 0 saturated carbocycles. The largest absolute Gasteiger partial charge is 0.461 e. The van der Waals surface area contributed by atoms with Gasteiger partial charge in [0.1, 0.15) is 17.7 Å². The summed E-state index contributed by atoms with van der Waals surface area (Å²) in [6.45, 7) is 4.08. The molecule has 2 rings (SSSR count). The van der Waals surface area contributed by atoms with Gasteiger partial charge in [-0.05, 0) is 25.6 Å². The summed E-state index contributed by atoms with van der Waals surface area (Å²) in [6.07, 6.45) is 0.829. The first-order valence-electron chi connectivity index (χ1n) is 5.69. The van der Waals surface area contributed by atoms with Crippen LogP contribution in [0.1, 0.15) is 24.2 Å². The second kappa shape index (κ2) is 4.86. The molecule has 0 amide bonds. The number of hydrogen-bond acceptors (Lipinski definition) is 3. The molecule has 96 valence electrons. The highest BCUT2D eigenvalue weighted by molar-refractivity contribution is 6.02. The number of benzene rings is 1. The van der Waals surface area contributed by atoms with E-state index in [4.69, 9.17) is 4.42 Å². The second-order valence-electron chi connectivity index (χ2n) is 4.03. The van der Waals surface area contributed by atoms with Crippen molar-refractivity contribution < 1.29 is 18.0 Å². The number of fused-ring (bicyclic) bond motifs is 1. The molecule has 0 bridgehead atoms. The minimum atomic E-state index is -0.867. The van der Waals surface area contributed by atoms with E-state index in [1.54, 1.807) is 6.92 Å². The molecule has 1 aromatic heterocycles. The third-order valence-electron chi connectivity index (χ3n) is 2.80. The molecule has 0 saturated heterocycles. The minimum Gasteiger partial charge on any atom is -0.461 e. The monoisotopic (exact) mass is 253 g/mol. The van der Waals surface area contributed by atoms with E-state index in [-0.39, 0.29) is 16.5 Å². The Balaban J connectivity index is 2.48. The fourth-order valence-corrected chi connectivity index (χ4v) is 1.88. The number of nitrogens with one attached hydrogen (secondary N) is 1. The third-order valence-corrected chi connectivity index (χ3v) is 2.80. The van der Waals surface area contributed by atoms with Crippen molar-refractivity contribution in [2.45, 2.75) is 19.9 Å². The van der Waals surface area contributed by atoms with E-state index < -0.39 is 23.5 Å².